The quantitative estimate of drug-likeness (QED) is 0.828. The van der Waals surface area contributed by atoms with E-state index in [4.69, 9.17) is 10.00 Å². The van der Waals surface area contributed by atoms with Crippen LogP contribution in [0.2, 0.25) is 0 Å². The van der Waals surface area contributed by atoms with Crippen LogP contribution in [0.5, 0.6) is 5.75 Å². The van der Waals surface area contributed by atoms with Crippen LogP contribution in [-0.4, -0.2) is 19.0 Å². The van der Waals surface area contributed by atoms with E-state index >= 15 is 0 Å². The van der Waals surface area contributed by atoms with Crippen molar-refractivity contribution in [2.75, 3.05) is 7.11 Å². The van der Waals surface area contributed by atoms with Crippen LogP contribution >= 0.6 is 0 Å². The maximum absolute atomic E-state index is 11.2. The van der Waals surface area contributed by atoms with Crippen molar-refractivity contribution in [1.82, 2.24) is 10.6 Å². The number of benzene rings is 1. The van der Waals surface area contributed by atoms with E-state index in [-0.39, 0.29) is 13.0 Å². The Hall–Kier alpha value is -2.55. The minimum atomic E-state index is -0.621. The molecule has 0 saturated carbocycles. The summed E-state index contributed by atoms with van der Waals surface area (Å²) >= 11 is 0. The van der Waals surface area contributed by atoms with Gasteiger partial charge in [-0.1, -0.05) is 12.1 Å². The summed E-state index contributed by atoms with van der Waals surface area (Å²) < 4.78 is 5.00. The lowest BCUT2D eigenvalue weighted by Crippen LogP contribution is -2.38. The second-order valence-corrected chi connectivity index (χ2v) is 3.41. The molecule has 0 aliphatic rings. The van der Waals surface area contributed by atoms with Crippen molar-refractivity contribution in [3.63, 3.8) is 0 Å². The van der Waals surface area contributed by atoms with E-state index in [1.165, 1.54) is 0 Å². The van der Waals surface area contributed by atoms with Crippen molar-refractivity contribution in [3.8, 4) is 11.8 Å². The van der Waals surface area contributed by atoms with Gasteiger partial charge < -0.3 is 10.1 Å². The zero-order chi connectivity index (χ0) is 13.4. The summed E-state index contributed by atoms with van der Waals surface area (Å²) in [5.74, 6) is 0.108. The van der Waals surface area contributed by atoms with Gasteiger partial charge >= 0.3 is 6.03 Å². The SMILES string of the molecule is COc1ccc(CNC(=O)NC(=O)CC#N)cc1. The number of ether oxygens (including phenoxy) is 1. The van der Waals surface area contributed by atoms with Crippen LogP contribution in [0.1, 0.15) is 12.0 Å². The summed E-state index contributed by atoms with van der Waals surface area (Å²) in [6, 6.07) is 8.18. The van der Waals surface area contributed by atoms with Gasteiger partial charge in [0.1, 0.15) is 12.2 Å². The van der Waals surface area contributed by atoms with Gasteiger partial charge in [0, 0.05) is 6.54 Å². The molecule has 0 aliphatic carbocycles. The van der Waals surface area contributed by atoms with Crippen LogP contribution in [-0.2, 0) is 11.3 Å². The number of nitrogens with zero attached hydrogens (tertiary/aromatic N) is 1. The summed E-state index contributed by atoms with van der Waals surface area (Å²) in [5, 5.41) is 12.8. The Labute approximate surface area is 105 Å². The van der Waals surface area contributed by atoms with Gasteiger partial charge in [-0.15, -0.1) is 0 Å². The standard InChI is InChI=1S/C12H13N3O3/c1-18-10-4-2-9(3-5-10)8-14-12(17)15-11(16)6-7-13/h2-5H,6,8H2,1H3,(H2,14,15,16,17). The highest BCUT2D eigenvalue weighted by atomic mass is 16.5. The first-order valence-electron chi connectivity index (χ1n) is 5.23. The molecule has 0 spiro atoms. The number of hydrogen-bond donors (Lipinski definition) is 2. The van der Waals surface area contributed by atoms with E-state index in [1.54, 1.807) is 37.4 Å². The summed E-state index contributed by atoms with van der Waals surface area (Å²) in [5.41, 5.74) is 0.874. The Balaban J connectivity index is 2.38. The number of carbonyl (C=O) groups excluding carboxylic acids is 2. The van der Waals surface area contributed by atoms with Crippen molar-refractivity contribution >= 4 is 11.9 Å². The first-order chi connectivity index (χ1) is 8.65. The number of amides is 3. The largest absolute Gasteiger partial charge is 0.497 e. The molecule has 1 aromatic carbocycles. The fourth-order valence-electron chi connectivity index (χ4n) is 1.21. The number of urea groups is 1. The number of hydrogen-bond acceptors (Lipinski definition) is 4. The molecule has 6 nitrogen and oxygen atoms in total. The third kappa shape index (κ3) is 4.53. The smallest absolute Gasteiger partial charge is 0.321 e. The number of nitriles is 1. The van der Waals surface area contributed by atoms with Gasteiger partial charge in [0.2, 0.25) is 5.91 Å². The lowest BCUT2D eigenvalue weighted by Gasteiger charge is -2.06. The Bertz CT molecular complexity index is 462. The molecule has 1 aromatic rings. The molecular weight excluding hydrogens is 234 g/mol. The third-order valence-electron chi connectivity index (χ3n) is 2.10. The Kier molecular flexibility index (Phi) is 5.19. The molecule has 18 heavy (non-hydrogen) atoms. The van der Waals surface area contributed by atoms with Gasteiger partial charge in [-0.2, -0.15) is 5.26 Å². The Morgan fingerprint density at radius 3 is 2.56 bits per heavy atom. The normalized spacial score (nSPS) is 9.11. The van der Waals surface area contributed by atoms with E-state index in [0.717, 1.165) is 11.3 Å². The van der Waals surface area contributed by atoms with Crippen LogP contribution in [0.25, 0.3) is 0 Å². The second kappa shape index (κ2) is 6.91. The topological polar surface area (TPSA) is 91.2 Å². The van der Waals surface area contributed by atoms with Crippen LogP contribution < -0.4 is 15.4 Å². The highest BCUT2D eigenvalue weighted by molar-refractivity contribution is 5.95. The lowest BCUT2D eigenvalue weighted by atomic mass is 10.2. The molecular formula is C12H13N3O3. The molecule has 0 unspecified atom stereocenters. The van der Waals surface area contributed by atoms with Crippen molar-refractivity contribution < 1.29 is 14.3 Å². The summed E-state index contributed by atoms with van der Waals surface area (Å²) in [6.45, 7) is 0.287. The molecule has 3 amide bonds. The van der Waals surface area contributed by atoms with E-state index in [1.807, 2.05) is 5.32 Å². The monoisotopic (exact) mass is 247 g/mol. The van der Waals surface area contributed by atoms with Crippen LogP contribution in [0.15, 0.2) is 24.3 Å². The molecule has 0 saturated heterocycles. The molecule has 2 N–H and O–H groups in total. The zero-order valence-corrected chi connectivity index (χ0v) is 9.90. The molecule has 0 aromatic heterocycles. The van der Waals surface area contributed by atoms with Gasteiger partial charge in [0.15, 0.2) is 0 Å². The lowest BCUT2D eigenvalue weighted by molar-refractivity contribution is -0.119. The maximum Gasteiger partial charge on any atom is 0.321 e. The van der Waals surface area contributed by atoms with Crippen LogP contribution in [0.3, 0.4) is 0 Å². The van der Waals surface area contributed by atoms with Gasteiger partial charge in [0.05, 0.1) is 13.2 Å². The van der Waals surface area contributed by atoms with Crippen molar-refractivity contribution in [2.45, 2.75) is 13.0 Å². The predicted octanol–water partition coefficient (Wildman–Crippen LogP) is 0.935. The zero-order valence-electron chi connectivity index (χ0n) is 9.90. The first-order valence-corrected chi connectivity index (χ1v) is 5.23. The fourth-order valence-corrected chi connectivity index (χ4v) is 1.21. The van der Waals surface area contributed by atoms with Gasteiger partial charge in [-0.3, -0.25) is 10.1 Å². The minimum absolute atomic E-state index is 0.287. The predicted molar refractivity (Wildman–Crippen MR) is 63.6 cm³/mol. The molecule has 0 bridgehead atoms. The number of nitrogens with one attached hydrogen (secondary N) is 2. The average molecular weight is 247 g/mol. The van der Waals surface area contributed by atoms with Crippen molar-refractivity contribution in [2.24, 2.45) is 0 Å². The maximum atomic E-state index is 11.2. The van der Waals surface area contributed by atoms with E-state index < -0.39 is 11.9 Å². The highest BCUT2D eigenvalue weighted by Crippen LogP contribution is 2.10. The van der Waals surface area contributed by atoms with E-state index in [2.05, 4.69) is 5.32 Å². The van der Waals surface area contributed by atoms with E-state index in [9.17, 15) is 9.59 Å². The van der Waals surface area contributed by atoms with Crippen molar-refractivity contribution in [1.29, 1.82) is 5.26 Å². The molecule has 1 rings (SSSR count). The fraction of sp³-hybridized carbons (Fsp3) is 0.250. The van der Waals surface area contributed by atoms with Crippen molar-refractivity contribution in [3.05, 3.63) is 29.8 Å². The highest BCUT2D eigenvalue weighted by Gasteiger charge is 2.06. The van der Waals surface area contributed by atoms with Gasteiger partial charge in [-0.25, -0.2) is 4.79 Å². The molecule has 0 aliphatic heterocycles. The first kappa shape index (κ1) is 13.5. The number of methoxy groups -OCH3 is 1. The minimum Gasteiger partial charge on any atom is -0.497 e. The van der Waals surface area contributed by atoms with Gasteiger partial charge in [-0.05, 0) is 17.7 Å². The molecule has 0 radical (unpaired) electrons. The summed E-state index contributed by atoms with van der Waals surface area (Å²) in [4.78, 5) is 22.2. The number of imide groups is 1. The summed E-state index contributed by atoms with van der Waals surface area (Å²) in [6.07, 6.45) is -0.337. The van der Waals surface area contributed by atoms with Gasteiger partial charge in [0.25, 0.3) is 0 Å². The molecule has 6 heteroatoms. The Morgan fingerprint density at radius 2 is 2.00 bits per heavy atom. The number of carbonyl (C=O) groups is 2. The molecule has 94 valence electrons. The van der Waals surface area contributed by atoms with Crippen LogP contribution in [0.4, 0.5) is 4.79 Å². The molecule has 0 heterocycles. The second-order valence-electron chi connectivity index (χ2n) is 3.41. The summed E-state index contributed by atoms with van der Waals surface area (Å²) in [7, 11) is 1.57. The third-order valence-corrected chi connectivity index (χ3v) is 2.10. The number of rotatable bonds is 4. The average Bonchev–Trinajstić information content (AvgIpc) is 2.37. The van der Waals surface area contributed by atoms with Crippen LogP contribution in [0, 0.1) is 11.3 Å². The molecule has 0 fully saturated rings. The van der Waals surface area contributed by atoms with E-state index in [0.29, 0.717) is 0 Å². The Morgan fingerprint density at radius 1 is 1.33 bits per heavy atom. The molecule has 0 atom stereocenters.